The van der Waals surface area contributed by atoms with Crippen molar-refractivity contribution in [3.63, 3.8) is 0 Å². The van der Waals surface area contributed by atoms with E-state index in [1.165, 1.54) is 6.07 Å². The third kappa shape index (κ3) is 4.73. The highest BCUT2D eigenvalue weighted by atomic mass is 16.6. The number of nitrogens with one attached hydrogen (secondary N) is 1. The van der Waals surface area contributed by atoms with Gasteiger partial charge in [0.1, 0.15) is 5.69 Å². The zero-order chi connectivity index (χ0) is 19.4. The molecule has 142 valence electrons. The van der Waals surface area contributed by atoms with Crippen LogP contribution in [-0.2, 0) is 11.2 Å². The summed E-state index contributed by atoms with van der Waals surface area (Å²) >= 11 is 0. The first-order valence-corrected chi connectivity index (χ1v) is 8.72. The molecule has 0 saturated carbocycles. The van der Waals surface area contributed by atoms with E-state index in [0.29, 0.717) is 11.3 Å². The number of carbonyl (C=O) groups is 1. The summed E-state index contributed by atoms with van der Waals surface area (Å²) in [5, 5.41) is 23.4. The van der Waals surface area contributed by atoms with Gasteiger partial charge in [0.25, 0.3) is 5.69 Å². The van der Waals surface area contributed by atoms with Crippen molar-refractivity contribution < 1.29 is 14.8 Å². The Labute approximate surface area is 157 Å². The summed E-state index contributed by atoms with van der Waals surface area (Å²) in [6.07, 6.45) is -0.250. The Kier molecular flexibility index (Phi) is 5.56. The molecule has 27 heavy (non-hydrogen) atoms. The number of piperazine rings is 1. The van der Waals surface area contributed by atoms with E-state index in [1.54, 1.807) is 12.1 Å². The highest BCUT2D eigenvalue weighted by molar-refractivity contribution is 5.75. The van der Waals surface area contributed by atoms with Crippen LogP contribution in [0.1, 0.15) is 5.56 Å². The van der Waals surface area contributed by atoms with Crippen molar-refractivity contribution in [1.82, 2.24) is 4.90 Å². The Bertz CT molecular complexity index is 847. The molecule has 2 aromatic carbocycles. The summed E-state index contributed by atoms with van der Waals surface area (Å²) in [6, 6.07) is 12.2. The Hall–Kier alpha value is -3.13. The lowest BCUT2D eigenvalue weighted by Gasteiger charge is -2.34. The quantitative estimate of drug-likeness (QED) is 0.596. The molecule has 1 fully saturated rings. The monoisotopic (exact) mass is 370 g/mol. The van der Waals surface area contributed by atoms with Gasteiger partial charge in [-0.1, -0.05) is 12.1 Å². The zero-order valence-electron chi connectivity index (χ0n) is 15.1. The second kappa shape index (κ2) is 8.05. The number of hydrogen-bond donors (Lipinski definition) is 2. The second-order valence-electron chi connectivity index (χ2n) is 6.64. The van der Waals surface area contributed by atoms with Gasteiger partial charge in [0.15, 0.2) is 0 Å². The lowest BCUT2D eigenvalue weighted by atomic mass is 10.1. The van der Waals surface area contributed by atoms with Gasteiger partial charge in [-0.15, -0.1) is 0 Å². The zero-order valence-corrected chi connectivity index (χ0v) is 15.1. The molecule has 0 unspecified atom stereocenters. The van der Waals surface area contributed by atoms with E-state index in [1.807, 2.05) is 24.3 Å². The molecule has 0 amide bonds. The van der Waals surface area contributed by atoms with Crippen molar-refractivity contribution in [2.24, 2.45) is 0 Å². The highest BCUT2D eigenvalue weighted by Gasteiger charge is 2.17. The lowest BCUT2D eigenvalue weighted by molar-refractivity contribution is -0.384. The number of nitro benzene ring substituents is 1. The Balaban J connectivity index is 1.81. The molecule has 2 aromatic rings. The number of aliphatic carboxylic acids is 1. The minimum Gasteiger partial charge on any atom is -0.481 e. The van der Waals surface area contributed by atoms with Gasteiger partial charge >= 0.3 is 5.97 Å². The maximum atomic E-state index is 11.4. The summed E-state index contributed by atoms with van der Waals surface area (Å²) in [5.41, 5.74) is 2.41. The van der Waals surface area contributed by atoms with E-state index in [9.17, 15) is 14.9 Å². The Morgan fingerprint density at radius 2 is 1.93 bits per heavy atom. The fourth-order valence-corrected chi connectivity index (χ4v) is 3.12. The number of likely N-dealkylation sites (N-methyl/N-ethyl adjacent to an activating group) is 1. The van der Waals surface area contributed by atoms with Crippen LogP contribution in [0.3, 0.4) is 0 Å². The SMILES string of the molecule is CN1CCN(c2cccc(Nc3ccc(CC(=O)O)cc3[N+](=O)[O-])c2)CC1. The molecule has 1 heterocycles. The number of nitro groups is 1. The van der Waals surface area contributed by atoms with Crippen molar-refractivity contribution in [2.45, 2.75) is 6.42 Å². The molecule has 0 radical (unpaired) electrons. The van der Waals surface area contributed by atoms with Crippen LogP contribution >= 0.6 is 0 Å². The molecule has 0 aromatic heterocycles. The second-order valence-corrected chi connectivity index (χ2v) is 6.64. The van der Waals surface area contributed by atoms with Gasteiger partial charge in [-0.2, -0.15) is 0 Å². The van der Waals surface area contributed by atoms with Gasteiger partial charge in [0, 0.05) is 43.6 Å². The third-order valence-corrected chi connectivity index (χ3v) is 4.61. The van der Waals surface area contributed by atoms with Crippen LogP contribution in [0.4, 0.5) is 22.7 Å². The fourth-order valence-electron chi connectivity index (χ4n) is 3.12. The molecule has 8 nitrogen and oxygen atoms in total. The first-order chi connectivity index (χ1) is 12.9. The molecule has 0 atom stereocenters. The highest BCUT2D eigenvalue weighted by Crippen LogP contribution is 2.30. The minimum atomic E-state index is -1.02. The summed E-state index contributed by atoms with van der Waals surface area (Å²) in [6.45, 7) is 3.86. The first kappa shape index (κ1) is 18.7. The molecular formula is C19H22N4O4. The van der Waals surface area contributed by atoms with Crippen LogP contribution < -0.4 is 10.2 Å². The number of hydrogen-bond acceptors (Lipinski definition) is 6. The minimum absolute atomic E-state index is 0.140. The van der Waals surface area contributed by atoms with Crippen LogP contribution in [0, 0.1) is 10.1 Å². The fraction of sp³-hybridized carbons (Fsp3) is 0.316. The first-order valence-electron chi connectivity index (χ1n) is 8.72. The average Bonchev–Trinajstić information content (AvgIpc) is 2.63. The predicted molar refractivity (Wildman–Crippen MR) is 104 cm³/mol. The molecule has 1 saturated heterocycles. The molecule has 1 aliphatic heterocycles. The average molecular weight is 370 g/mol. The Morgan fingerprint density at radius 1 is 1.19 bits per heavy atom. The molecular weight excluding hydrogens is 348 g/mol. The van der Waals surface area contributed by atoms with Crippen molar-refractivity contribution >= 4 is 28.7 Å². The summed E-state index contributed by atoms with van der Waals surface area (Å²) < 4.78 is 0. The van der Waals surface area contributed by atoms with E-state index >= 15 is 0 Å². The normalized spacial score (nSPS) is 14.8. The molecule has 2 N–H and O–H groups in total. The van der Waals surface area contributed by atoms with Gasteiger partial charge in [0.2, 0.25) is 0 Å². The predicted octanol–water partition coefficient (Wildman–Crippen LogP) is 2.72. The van der Waals surface area contributed by atoms with Crippen LogP contribution in [-0.4, -0.2) is 54.1 Å². The van der Waals surface area contributed by atoms with Crippen molar-refractivity contribution in [1.29, 1.82) is 0 Å². The van der Waals surface area contributed by atoms with Gasteiger partial charge in [-0.3, -0.25) is 14.9 Å². The molecule has 0 aliphatic carbocycles. The largest absolute Gasteiger partial charge is 0.481 e. The van der Waals surface area contributed by atoms with E-state index in [2.05, 4.69) is 22.2 Å². The summed E-state index contributed by atoms with van der Waals surface area (Å²) in [4.78, 5) is 26.3. The number of anilines is 3. The number of nitrogens with zero attached hydrogens (tertiary/aromatic N) is 3. The van der Waals surface area contributed by atoms with Crippen molar-refractivity contribution in [3.05, 3.63) is 58.1 Å². The molecule has 1 aliphatic rings. The maximum absolute atomic E-state index is 11.4. The Morgan fingerprint density at radius 3 is 2.59 bits per heavy atom. The third-order valence-electron chi connectivity index (χ3n) is 4.61. The lowest BCUT2D eigenvalue weighted by Crippen LogP contribution is -2.44. The van der Waals surface area contributed by atoms with Gasteiger partial charge in [0.05, 0.1) is 11.3 Å². The number of benzene rings is 2. The van der Waals surface area contributed by atoms with Crippen LogP contribution in [0.2, 0.25) is 0 Å². The molecule has 8 heteroatoms. The smallest absolute Gasteiger partial charge is 0.307 e. The number of carboxylic acids is 1. The van der Waals surface area contributed by atoms with E-state index < -0.39 is 10.9 Å². The van der Waals surface area contributed by atoms with Crippen LogP contribution in [0.15, 0.2) is 42.5 Å². The summed E-state index contributed by atoms with van der Waals surface area (Å²) in [7, 11) is 2.10. The van der Waals surface area contributed by atoms with E-state index in [-0.39, 0.29) is 12.1 Å². The van der Waals surface area contributed by atoms with Gasteiger partial charge in [-0.05, 0) is 36.9 Å². The number of rotatable bonds is 6. The van der Waals surface area contributed by atoms with Crippen LogP contribution in [0.25, 0.3) is 0 Å². The van der Waals surface area contributed by atoms with Gasteiger partial charge < -0.3 is 20.2 Å². The van der Waals surface area contributed by atoms with E-state index in [0.717, 1.165) is 37.6 Å². The topological polar surface area (TPSA) is 99.0 Å². The van der Waals surface area contributed by atoms with Crippen molar-refractivity contribution in [3.8, 4) is 0 Å². The summed E-state index contributed by atoms with van der Waals surface area (Å²) in [5.74, 6) is -1.02. The van der Waals surface area contributed by atoms with E-state index in [4.69, 9.17) is 5.11 Å². The standard InChI is InChI=1S/C19H22N4O4/c1-21-7-9-22(10-8-21)16-4-2-3-15(13-16)20-17-6-5-14(12-19(24)25)11-18(17)23(26)27/h2-6,11,13,20H,7-10,12H2,1H3,(H,24,25). The number of carboxylic acid groups (broad SMARTS) is 1. The molecule has 0 bridgehead atoms. The van der Waals surface area contributed by atoms with Gasteiger partial charge in [-0.25, -0.2) is 0 Å². The molecule has 0 spiro atoms. The maximum Gasteiger partial charge on any atom is 0.307 e. The van der Waals surface area contributed by atoms with Crippen LogP contribution in [0.5, 0.6) is 0 Å². The van der Waals surface area contributed by atoms with Crippen molar-refractivity contribution in [2.75, 3.05) is 43.4 Å². The molecule has 3 rings (SSSR count).